The number of aromatic amines is 1. The zero-order valence-corrected chi connectivity index (χ0v) is 18.1. The van der Waals surface area contributed by atoms with E-state index in [-0.39, 0.29) is 34.1 Å². The first-order valence-corrected chi connectivity index (χ1v) is 10.2. The summed E-state index contributed by atoms with van der Waals surface area (Å²) in [6.45, 7) is 0. The second-order valence-corrected chi connectivity index (χ2v) is 7.58. The van der Waals surface area contributed by atoms with Gasteiger partial charge in [0.1, 0.15) is 11.4 Å². The number of hydrogen-bond acceptors (Lipinski definition) is 6. The molecule has 10 heteroatoms. The molecule has 9 nitrogen and oxygen atoms in total. The standard InChI is InChI=1S/C24H19FN4O5/c1-33-19-9-5-8-16(25)20(19)29-21(30)14-6-3-4-7-15(14)24(29,32)13-10-11-17-18(12-13)27-22(26-17)28-23(31)34-2/h3-12,32H,1-2H3,(H2,26,27,28,31). The Balaban J connectivity index is 1.72. The molecule has 1 aliphatic rings. The van der Waals surface area contributed by atoms with Gasteiger partial charge in [0.2, 0.25) is 5.95 Å². The predicted molar refractivity (Wildman–Crippen MR) is 121 cm³/mol. The van der Waals surface area contributed by atoms with Crippen LogP contribution in [-0.4, -0.2) is 41.3 Å². The number of ether oxygens (including phenoxy) is 2. The first-order chi connectivity index (χ1) is 16.4. The zero-order valence-electron chi connectivity index (χ0n) is 18.1. The molecule has 172 valence electrons. The van der Waals surface area contributed by atoms with Gasteiger partial charge in [-0.25, -0.2) is 14.2 Å². The quantitative estimate of drug-likeness (QED) is 0.425. The number of H-pyrrole nitrogens is 1. The number of halogens is 1. The minimum Gasteiger partial charge on any atom is -0.494 e. The van der Waals surface area contributed by atoms with E-state index in [0.29, 0.717) is 11.0 Å². The van der Waals surface area contributed by atoms with E-state index in [4.69, 9.17) is 4.74 Å². The van der Waals surface area contributed by atoms with Crippen molar-refractivity contribution in [1.82, 2.24) is 9.97 Å². The third-order valence-corrected chi connectivity index (χ3v) is 5.74. The maximum Gasteiger partial charge on any atom is 0.413 e. The van der Waals surface area contributed by atoms with Crippen molar-refractivity contribution in [1.29, 1.82) is 0 Å². The van der Waals surface area contributed by atoms with Crippen LogP contribution in [0.1, 0.15) is 21.5 Å². The Morgan fingerprint density at radius 1 is 1.15 bits per heavy atom. The molecule has 3 aromatic carbocycles. The fourth-order valence-electron chi connectivity index (χ4n) is 4.22. The van der Waals surface area contributed by atoms with Gasteiger partial charge in [-0.05, 0) is 30.3 Å². The second-order valence-electron chi connectivity index (χ2n) is 7.58. The van der Waals surface area contributed by atoms with E-state index < -0.39 is 23.5 Å². The molecule has 2 heterocycles. The number of amides is 2. The molecule has 0 radical (unpaired) electrons. The number of methoxy groups -OCH3 is 2. The maximum absolute atomic E-state index is 15.1. The summed E-state index contributed by atoms with van der Waals surface area (Å²) in [4.78, 5) is 33.2. The minimum atomic E-state index is -2.06. The largest absolute Gasteiger partial charge is 0.494 e. The summed E-state index contributed by atoms with van der Waals surface area (Å²) < 4.78 is 25.0. The topological polar surface area (TPSA) is 117 Å². The third kappa shape index (κ3) is 3.07. The van der Waals surface area contributed by atoms with Crippen LogP contribution in [0.25, 0.3) is 11.0 Å². The van der Waals surface area contributed by atoms with Crippen LogP contribution in [-0.2, 0) is 10.5 Å². The predicted octanol–water partition coefficient (Wildman–Crippen LogP) is 3.74. The van der Waals surface area contributed by atoms with Gasteiger partial charge < -0.3 is 19.6 Å². The number of carbonyl (C=O) groups excluding carboxylic acids is 2. The lowest BCUT2D eigenvalue weighted by atomic mass is 9.93. The highest BCUT2D eigenvalue weighted by atomic mass is 19.1. The Kier molecular flexibility index (Phi) is 4.94. The van der Waals surface area contributed by atoms with E-state index in [1.54, 1.807) is 42.5 Å². The number of rotatable bonds is 4. The van der Waals surface area contributed by atoms with Gasteiger partial charge in [-0.2, -0.15) is 0 Å². The number of anilines is 2. The first-order valence-electron chi connectivity index (χ1n) is 10.2. The van der Waals surface area contributed by atoms with Crippen LogP contribution in [0.2, 0.25) is 0 Å². The monoisotopic (exact) mass is 462 g/mol. The number of fused-ring (bicyclic) bond motifs is 2. The van der Waals surface area contributed by atoms with Crippen LogP contribution in [0.5, 0.6) is 5.75 Å². The summed E-state index contributed by atoms with van der Waals surface area (Å²) in [6.07, 6.45) is -0.703. The maximum atomic E-state index is 15.1. The molecule has 1 unspecified atom stereocenters. The molecule has 4 aromatic rings. The van der Waals surface area contributed by atoms with Crippen LogP contribution in [0.3, 0.4) is 0 Å². The molecule has 0 aliphatic carbocycles. The van der Waals surface area contributed by atoms with Crippen LogP contribution in [0.15, 0.2) is 60.7 Å². The highest BCUT2D eigenvalue weighted by Crippen LogP contribution is 2.48. The Morgan fingerprint density at radius 3 is 2.71 bits per heavy atom. The summed E-state index contributed by atoms with van der Waals surface area (Å²) in [6, 6.07) is 15.5. The van der Waals surface area contributed by atoms with E-state index in [2.05, 4.69) is 20.0 Å². The smallest absolute Gasteiger partial charge is 0.413 e. The highest BCUT2D eigenvalue weighted by Gasteiger charge is 2.52. The van der Waals surface area contributed by atoms with Crippen molar-refractivity contribution in [3.63, 3.8) is 0 Å². The van der Waals surface area contributed by atoms with Crippen LogP contribution in [0.4, 0.5) is 20.8 Å². The van der Waals surface area contributed by atoms with Crippen molar-refractivity contribution in [3.05, 3.63) is 83.2 Å². The number of nitrogens with zero attached hydrogens (tertiary/aromatic N) is 2. The molecule has 0 spiro atoms. The number of nitrogens with one attached hydrogen (secondary N) is 2. The third-order valence-electron chi connectivity index (χ3n) is 5.74. The molecular weight excluding hydrogens is 443 g/mol. The molecule has 5 rings (SSSR count). The van der Waals surface area contributed by atoms with Crippen molar-refractivity contribution in [2.24, 2.45) is 0 Å². The molecule has 0 saturated carbocycles. The molecule has 0 fully saturated rings. The second kappa shape index (κ2) is 7.85. The summed E-state index contributed by atoms with van der Waals surface area (Å²) in [7, 11) is 2.59. The molecule has 1 atom stereocenters. The average Bonchev–Trinajstić information content (AvgIpc) is 3.35. The average molecular weight is 462 g/mol. The van der Waals surface area contributed by atoms with Crippen molar-refractivity contribution in [2.45, 2.75) is 5.72 Å². The zero-order chi connectivity index (χ0) is 24.0. The van der Waals surface area contributed by atoms with Crippen molar-refractivity contribution < 1.29 is 28.6 Å². The Labute approximate surface area is 192 Å². The number of aromatic nitrogens is 2. The van der Waals surface area contributed by atoms with Crippen molar-refractivity contribution in [2.75, 3.05) is 24.4 Å². The van der Waals surface area contributed by atoms with Gasteiger partial charge in [0.15, 0.2) is 11.5 Å². The molecule has 34 heavy (non-hydrogen) atoms. The minimum absolute atomic E-state index is 0.0896. The number of hydrogen-bond donors (Lipinski definition) is 3. The molecule has 0 saturated heterocycles. The molecule has 1 aromatic heterocycles. The Hall–Kier alpha value is -4.44. The van der Waals surface area contributed by atoms with Crippen molar-refractivity contribution in [3.8, 4) is 5.75 Å². The summed E-state index contributed by atoms with van der Waals surface area (Å²) >= 11 is 0. The van der Waals surface area contributed by atoms with E-state index in [1.165, 1.54) is 32.4 Å². The van der Waals surface area contributed by atoms with Crippen molar-refractivity contribution >= 4 is 34.7 Å². The highest BCUT2D eigenvalue weighted by molar-refractivity contribution is 6.13. The van der Waals surface area contributed by atoms with E-state index >= 15 is 4.39 Å². The number of aliphatic hydroxyl groups is 1. The van der Waals surface area contributed by atoms with Gasteiger partial charge in [-0.3, -0.25) is 15.0 Å². The summed E-state index contributed by atoms with van der Waals surface area (Å²) in [5.74, 6) is -1.08. The van der Waals surface area contributed by atoms with Gasteiger partial charge in [0.25, 0.3) is 5.91 Å². The molecule has 2 amide bonds. The summed E-state index contributed by atoms with van der Waals surface area (Å²) in [5, 5.41) is 14.6. The van der Waals surface area contributed by atoms with E-state index in [9.17, 15) is 14.7 Å². The normalized spacial score (nSPS) is 17.1. The van der Waals surface area contributed by atoms with Crippen LogP contribution in [0, 0.1) is 5.82 Å². The molecular formula is C24H19FN4O5. The first kappa shape index (κ1) is 21.4. The fourth-order valence-corrected chi connectivity index (χ4v) is 4.22. The Bertz CT molecular complexity index is 1450. The van der Waals surface area contributed by atoms with E-state index in [1.807, 2.05) is 0 Å². The van der Waals surface area contributed by atoms with Gasteiger partial charge in [-0.15, -0.1) is 0 Å². The lowest BCUT2D eigenvalue weighted by Crippen LogP contribution is -2.45. The van der Waals surface area contributed by atoms with Crippen LogP contribution >= 0.6 is 0 Å². The SMILES string of the molecule is COC(=O)Nc1nc2ccc(C3(O)c4ccccc4C(=O)N3c3c(F)cccc3OC)cc2[nH]1. The Morgan fingerprint density at radius 2 is 1.94 bits per heavy atom. The summed E-state index contributed by atoms with van der Waals surface area (Å²) in [5.41, 5.74) is -0.493. The number of benzene rings is 3. The van der Waals surface area contributed by atoms with Crippen LogP contribution < -0.4 is 15.0 Å². The van der Waals surface area contributed by atoms with Gasteiger partial charge in [0, 0.05) is 16.7 Å². The lowest BCUT2D eigenvalue weighted by Gasteiger charge is -2.35. The number of para-hydroxylation sites is 1. The van der Waals surface area contributed by atoms with Gasteiger partial charge in [-0.1, -0.05) is 30.3 Å². The number of carbonyl (C=O) groups is 2. The van der Waals surface area contributed by atoms with Gasteiger partial charge >= 0.3 is 6.09 Å². The van der Waals surface area contributed by atoms with E-state index in [0.717, 1.165) is 4.90 Å². The molecule has 0 bridgehead atoms. The van der Waals surface area contributed by atoms with Gasteiger partial charge in [0.05, 0.1) is 25.3 Å². The number of imidazole rings is 1. The molecule has 1 aliphatic heterocycles. The lowest BCUT2D eigenvalue weighted by molar-refractivity contribution is 0.0695. The molecule has 3 N–H and O–H groups in total. The fraction of sp³-hybridized carbons (Fsp3) is 0.125.